The number of nitrogens with zero attached hydrogens (tertiary/aromatic N) is 1. The van der Waals surface area contributed by atoms with Gasteiger partial charge in [-0.25, -0.2) is 0 Å². The van der Waals surface area contributed by atoms with E-state index in [1.54, 1.807) is 0 Å². The molecule has 19 heavy (non-hydrogen) atoms. The lowest BCUT2D eigenvalue weighted by molar-refractivity contribution is -0.384. The highest BCUT2D eigenvalue weighted by molar-refractivity contribution is 6.33. The summed E-state index contributed by atoms with van der Waals surface area (Å²) >= 11 is 5.86. The van der Waals surface area contributed by atoms with Crippen molar-refractivity contribution in [1.29, 1.82) is 0 Å². The number of hydrogen-bond acceptors (Lipinski definition) is 4. The topological polar surface area (TPSA) is 84.3 Å². The van der Waals surface area contributed by atoms with Gasteiger partial charge in [0.05, 0.1) is 15.5 Å². The van der Waals surface area contributed by atoms with Gasteiger partial charge in [-0.15, -0.1) is 0 Å². The molecule has 0 heterocycles. The zero-order valence-corrected chi connectivity index (χ0v) is 11.5. The summed E-state index contributed by atoms with van der Waals surface area (Å²) in [6.45, 7) is 5.05. The Balaban J connectivity index is 2.66. The van der Waals surface area contributed by atoms with E-state index in [1.807, 2.05) is 13.8 Å². The second-order valence-corrected chi connectivity index (χ2v) is 4.69. The molecule has 0 spiro atoms. The normalized spacial score (nSPS) is 10.5. The molecule has 0 bridgehead atoms. The van der Waals surface area contributed by atoms with Crippen molar-refractivity contribution in [2.24, 2.45) is 0 Å². The average molecular weight is 286 g/mol. The number of hydrogen-bond donors (Lipinski definition) is 2. The van der Waals surface area contributed by atoms with Crippen molar-refractivity contribution in [3.63, 3.8) is 0 Å². The molecule has 0 aromatic heterocycles. The molecule has 0 aliphatic rings. The zero-order valence-electron chi connectivity index (χ0n) is 10.8. The first-order valence-corrected chi connectivity index (χ1v) is 6.25. The number of rotatable bonds is 6. The summed E-state index contributed by atoms with van der Waals surface area (Å²) in [5.74, 6) is -0.417. The first kappa shape index (κ1) is 15.4. The lowest BCUT2D eigenvalue weighted by Gasteiger charge is -2.09. The molecule has 1 rings (SSSR count). The van der Waals surface area contributed by atoms with Crippen LogP contribution >= 0.6 is 11.6 Å². The van der Waals surface area contributed by atoms with Crippen LogP contribution in [0.5, 0.6) is 0 Å². The Morgan fingerprint density at radius 1 is 1.42 bits per heavy atom. The van der Waals surface area contributed by atoms with Gasteiger partial charge in [0, 0.05) is 31.3 Å². The van der Waals surface area contributed by atoms with Gasteiger partial charge < -0.3 is 10.6 Å². The third-order valence-electron chi connectivity index (χ3n) is 2.37. The Hall–Kier alpha value is -1.66. The van der Waals surface area contributed by atoms with Gasteiger partial charge in [-0.3, -0.25) is 14.9 Å². The van der Waals surface area contributed by atoms with Gasteiger partial charge >= 0.3 is 0 Å². The van der Waals surface area contributed by atoms with Crippen LogP contribution in [0.15, 0.2) is 18.2 Å². The second-order valence-electron chi connectivity index (χ2n) is 4.29. The fourth-order valence-corrected chi connectivity index (χ4v) is 1.64. The molecular formula is C12H16ClN3O3. The summed E-state index contributed by atoms with van der Waals surface area (Å²) in [4.78, 5) is 21.9. The van der Waals surface area contributed by atoms with Crippen molar-refractivity contribution in [3.05, 3.63) is 38.9 Å². The van der Waals surface area contributed by atoms with E-state index in [0.717, 1.165) is 0 Å². The number of carbonyl (C=O) groups is 1. The maximum atomic E-state index is 11.8. The Labute approximate surface area is 116 Å². The van der Waals surface area contributed by atoms with Crippen LogP contribution in [-0.2, 0) is 0 Å². The van der Waals surface area contributed by atoms with Crippen LogP contribution < -0.4 is 10.6 Å². The van der Waals surface area contributed by atoms with Gasteiger partial charge in [0.1, 0.15) is 0 Å². The predicted molar refractivity (Wildman–Crippen MR) is 73.6 cm³/mol. The Kier molecular flexibility index (Phi) is 5.72. The van der Waals surface area contributed by atoms with Crippen LogP contribution in [-0.4, -0.2) is 30.0 Å². The number of amides is 1. The molecular weight excluding hydrogens is 270 g/mol. The maximum Gasteiger partial charge on any atom is 0.270 e. The Bertz CT molecular complexity index is 477. The highest BCUT2D eigenvalue weighted by atomic mass is 35.5. The van der Waals surface area contributed by atoms with Crippen molar-refractivity contribution < 1.29 is 9.72 Å². The van der Waals surface area contributed by atoms with Gasteiger partial charge in [-0.05, 0) is 6.07 Å². The molecule has 6 nitrogen and oxygen atoms in total. The van der Waals surface area contributed by atoms with Crippen LogP contribution in [0, 0.1) is 10.1 Å². The average Bonchev–Trinajstić information content (AvgIpc) is 2.34. The van der Waals surface area contributed by atoms with E-state index in [2.05, 4.69) is 10.6 Å². The Morgan fingerprint density at radius 2 is 2.11 bits per heavy atom. The number of benzene rings is 1. The van der Waals surface area contributed by atoms with Crippen molar-refractivity contribution in [2.45, 2.75) is 19.9 Å². The standard InChI is InChI=1S/C12H16ClN3O3/c1-8(2)14-5-6-15-12(17)10-7-9(16(18)19)3-4-11(10)13/h3-4,7-8,14H,5-6H2,1-2H3,(H,15,17). The molecule has 0 unspecified atom stereocenters. The first-order chi connectivity index (χ1) is 8.91. The quantitative estimate of drug-likeness (QED) is 0.475. The summed E-state index contributed by atoms with van der Waals surface area (Å²) in [5, 5.41) is 16.6. The Morgan fingerprint density at radius 3 is 2.68 bits per heavy atom. The number of nitro benzene ring substituents is 1. The third kappa shape index (κ3) is 4.84. The van der Waals surface area contributed by atoms with Crippen molar-refractivity contribution in [2.75, 3.05) is 13.1 Å². The molecule has 1 aromatic rings. The highest BCUT2D eigenvalue weighted by Gasteiger charge is 2.15. The van der Waals surface area contributed by atoms with Crippen LogP contribution in [0.3, 0.4) is 0 Å². The van der Waals surface area contributed by atoms with E-state index in [9.17, 15) is 14.9 Å². The first-order valence-electron chi connectivity index (χ1n) is 5.87. The van der Waals surface area contributed by atoms with E-state index in [0.29, 0.717) is 19.1 Å². The van der Waals surface area contributed by atoms with Crippen LogP contribution in [0.4, 0.5) is 5.69 Å². The lowest BCUT2D eigenvalue weighted by atomic mass is 10.2. The number of nitro groups is 1. The second kappa shape index (κ2) is 7.06. The minimum absolute atomic E-state index is 0.111. The van der Waals surface area contributed by atoms with E-state index in [1.165, 1.54) is 18.2 Å². The van der Waals surface area contributed by atoms with E-state index < -0.39 is 10.8 Å². The molecule has 0 fully saturated rings. The predicted octanol–water partition coefficient (Wildman–Crippen LogP) is 1.98. The van der Waals surface area contributed by atoms with Gasteiger partial charge in [0.15, 0.2) is 0 Å². The van der Waals surface area contributed by atoms with Gasteiger partial charge in [-0.2, -0.15) is 0 Å². The molecule has 1 aromatic carbocycles. The van der Waals surface area contributed by atoms with Gasteiger partial charge in [0.2, 0.25) is 0 Å². The number of nitrogens with one attached hydrogen (secondary N) is 2. The monoisotopic (exact) mass is 285 g/mol. The maximum absolute atomic E-state index is 11.8. The summed E-state index contributed by atoms with van der Waals surface area (Å²) in [6, 6.07) is 4.12. The largest absolute Gasteiger partial charge is 0.351 e. The van der Waals surface area contributed by atoms with E-state index >= 15 is 0 Å². The lowest BCUT2D eigenvalue weighted by Crippen LogP contribution is -2.34. The molecule has 1 amide bonds. The van der Waals surface area contributed by atoms with Crippen LogP contribution in [0.2, 0.25) is 5.02 Å². The number of carbonyl (C=O) groups excluding carboxylic acids is 1. The van der Waals surface area contributed by atoms with Crippen LogP contribution in [0.25, 0.3) is 0 Å². The molecule has 0 saturated heterocycles. The summed E-state index contributed by atoms with van der Waals surface area (Å²) in [7, 11) is 0. The smallest absolute Gasteiger partial charge is 0.270 e. The van der Waals surface area contributed by atoms with Crippen molar-refractivity contribution in [3.8, 4) is 0 Å². The number of non-ortho nitro benzene ring substituents is 1. The number of halogens is 1. The van der Waals surface area contributed by atoms with Gasteiger partial charge in [-0.1, -0.05) is 25.4 Å². The fourth-order valence-electron chi connectivity index (χ4n) is 1.43. The molecule has 0 aliphatic carbocycles. The summed E-state index contributed by atoms with van der Waals surface area (Å²) in [5.41, 5.74) is -0.0460. The van der Waals surface area contributed by atoms with E-state index in [-0.39, 0.29) is 16.3 Å². The molecule has 104 valence electrons. The minimum Gasteiger partial charge on any atom is -0.351 e. The highest BCUT2D eigenvalue weighted by Crippen LogP contribution is 2.21. The zero-order chi connectivity index (χ0) is 14.4. The van der Waals surface area contributed by atoms with Crippen molar-refractivity contribution >= 4 is 23.2 Å². The van der Waals surface area contributed by atoms with Gasteiger partial charge in [0.25, 0.3) is 11.6 Å². The minimum atomic E-state index is -0.562. The fraction of sp³-hybridized carbons (Fsp3) is 0.417. The SMILES string of the molecule is CC(C)NCCNC(=O)c1cc([N+](=O)[O-])ccc1Cl. The van der Waals surface area contributed by atoms with E-state index in [4.69, 9.17) is 11.6 Å². The summed E-state index contributed by atoms with van der Waals surface area (Å²) in [6.07, 6.45) is 0. The third-order valence-corrected chi connectivity index (χ3v) is 2.70. The molecule has 2 N–H and O–H groups in total. The molecule has 7 heteroatoms. The molecule has 0 atom stereocenters. The molecule has 0 saturated carbocycles. The summed E-state index contributed by atoms with van der Waals surface area (Å²) < 4.78 is 0. The van der Waals surface area contributed by atoms with Crippen molar-refractivity contribution in [1.82, 2.24) is 10.6 Å². The molecule has 0 aliphatic heterocycles. The van der Waals surface area contributed by atoms with Crippen LogP contribution in [0.1, 0.15) is 24.2 Å². The molecule has 0 radical (unpaired) electrons.